The molecular weight excluding hydrogens is 518 g/mol. The second-order valence-corrected chi connectivity index (χ2v) is 10.8. The van der Waals surface area contributed by atoms with Gasteiger partial charge in [-0.1, -0.05) is 12.1 Å². The molecule has 6 rings (SSSR count). The van der Waals surface area contributed by atoms with Crippen molar-refractivity contribution in [3.63, 3.8) is 0 Å². The number of fused-ring (bicyclic) bond motifs is 1. The highest BCUT2D eigenvalue weighted by Gasteiger charge is 2.28. The number of hydrogen-bond donors (Lipinski definition) is 3. The van der Waals surface area contributed by atoms with Crippen LogP contribution in [-0.2, 0) is 9.53 Å². The number of halogens is 2. The molecule has 2 aromatic heterocycles. The monoisotopic (exact) mass is 554 g/mol. The fourth-order valence-electron chi connectivity index (χ4n) is 5.95. The molecule has 0 spiro atoms. The quantitative estimate of drug-likeness (QED) is 0.408. The van der Waals surface area contributed by atoms with Crippen molar-refractivity contribution in [2.24, 2.45) is 5.92 Å². The number of imidazole rings is 1. The molecule has 10 nitrogen and oxygen atoms in total. The molecule has 2 saturated heterocycles. The molecule has 1 amide bonds. The third kappa shape index (κ3) is 5.87. The lowest BCUT2D eigenvalue weighted by atomic mass is 9.90. The van der Waals surface area contributed by atoms with E-state index in [0.717, 1.165) is 51.6 Å². The molecule has 3 N–H and O–H groups in total. The summed E-state index contributed by atoms with van der Waals surface area (Å²) in [5.41, 5.74) is 1.06. The number of anilines is 2. The van der Waals surface area contributed by atoms with Crippen LogP contribution in [0.25, 0.3) is 16.9 Å². The van der Waals surface area contributed by atoms with Gasteiger partial charge in [0.1, 0.15) is 11.6 Å². The van der Waals surface area contributed by atoms with Crippen LogP contribution in [-0.4, -0.2) is 76.9 Å². The first-order valence-corrected chi connectivity index (χ1v) is 14.3. The third-order valence-corrected chi connectivity index (χ3v) is 8.12. The van der Waals surface area contributed by atoms with Crippen LogP contribution >= 0.6 is 0 Å². The topological polar surface area (TPSA) is 109 Å². The van der Waals surface area contributed by atoms with E-state index in [4.69, 9.17) is 14.7 Å². The molecule has 4 heterocycles. The van der Waals surface area contributed by atoms with Crippen LogP contribution in [0.3, 0.4) is 0 Å². The zero-order valence-electron chi connectivity index (χ0n) is 22.5. The number of nitrogens with zero attached hydrogens (tertiary/aromatic N) is 5. The molecule has 12 heteroatoms. The lowest BCUT2D eigenvalue weighted by Gasteiger charge is -2.32. The van der Waals surface area contributed by atoms with Crippen LogP contribution in [0.5, 0.6) is 0 Å². The number of rotatable bonds is 7. The van der Waals surface area contributed by atoms with Gasteiger partial charge in [0.15, 0.2) is 5.82 Å². The van der Waals surface area contributed by atoms with E-state index in [9.17, 15) is 13.6 Å². The summed E-state index contributed by atoms with van der Waals surface area (Å²) in [4.78, 5) is 28.5. The van der Waals surface area contributed by atoms with E-state index in [1.165, 1.54) is 4.57 Å². The van der Waals surface area contributed by atoms with Crippen molar-refractivity contribution >= 4 is 28.7 Å². The van der Waals surface area contributed by atoms with E-state index in [2.05, 4.69) is 25.8 Å². The van der Waals surface area contributed by atoms with E-state index in [-0.39, 0.29) is 29.7 Å². The van der Waals surface area contributed by atoms with Crippen molar-refractivity contribution in [2.75, 3.05) is 49.6 Å². The minimum atomic E-state index is -2.76. The Morgan fingerprint density at radius 2 is 1.75 bits per heavy atom. The highest BCUT2D eigenvalue weighted by Crippen LogP contribution is 2.30. The van der Waals surface area contributed by atoms with Crippen LogP contribution in [0.2, 0.25) is 0 Å². The lowest BCUT2D eigenvalue weighted by Crippen LogP contribution is -2.46. The molecule has 1 saturated carbocycles. The minimum Gasteiger partial charge on any atom is -0.378 e. The van der Waals surface area contributed by atoms with Crippen LogP contribution < -0.4 is 20.9 Å². The van der Waals surface area contributed by atoms with Crippen LogP contribution in [0.15, 0.2) is 30.3 Å². The number of alkyl halides is 2. The standard InChI is InChI=1S/C28H36F2N8O2/c29-25(30)26-34-21-5-1-2-6-22(21)38(26)24-16-23(37-12-14-40-15-13-37)35-28(36-24)33-20-9-7-19(8-10-20)32-27(39)18-4-3-11-31-17-18/h1-2,5-6,16,18-20,25,31H,3-4,7-15,17H2,(H,32,39)(H,33,35,36)/t18-,19-,20-/m0/s1. The van der Waals surface area contributed by atoms with Gasteiger partial charge < -0.3 is 25.6 Å². The second kappa shape index (κ2) is 12.0. The third-order valence-electron chi connectivity index (χ3n) is 8.12. The molecule has 0 bridgehead atoms. The van der Waals surface area contributed by atoms with E-state index in [1.807, 2.05) is 0 Å². The maximum absolute atomic E-state index is 14.1. The number of aromatic nitrogens is 4. The van der Waals surface area contributed by atoms with Crippen molar-refractivity contribution < 1.29 is 18.3 Å². The molecule has 2 aliphatic heterocycles. The summed E-state index contributed by atoms with van der Waals surface area (Å²) in [6.45, 7) is 4.20. The first-order valence-electron chi connectivity index (χ1n) is 14.3. The van der Waals surface area contributed by atoms with E-state index < -0.39 is 6.43 Å². The highest BCUT2D eigenvalue weighted by atomic mass is 19.3. The Balaban J connectivity index is 1.22. The second-order valence-electron chi connectivity index (χ2n) is 10.8. The number of nitrogens with one attached hydrogen (secondary N) is 3. The van der Waals surface area contributed by atoms with Crippen molar-refractivity contribution in [1.29, 1.82) is 0 Å². The number of piperidine rings is 1. The SMILES string of the molecule is O=C(N[C@H]1CC[C@H](Nc2nc(N3CCOCC3)cc(-n3c(C(F)F)nc4ccccc43)n2)CC1)[C@H]1CCCNC1. The Kier molecular flexibility index (Phi) is 8.05. The highest BCUT2D eigenvalue weighted by molar-refractivity contribution is 5.79. The summed E-state index contributed by atoms with van der Waals surface area (Å²) in [7, 11) is 0. The first-order chi connectivity index (χ1) is 19.5. The van der Waals surface area contributed by atoms with Gasteiger partial charge in [0.05, 0.1) is 30.2 Å². The van der Waals surface area contributed by atoms with Gasteiger partial charge >= 0.3 is 0 Å². The van der Waals surface area contributed by atoms with Crippen molar-refractivity contribution in [3.05, 3.63) is 36.2 Å². The number of morpholine rings is 1. The normalized spacial score (nSPS) is 23.9. The fraction of sp³-hybridized carbons (Fsp3) is 0.571. The van der Waals surface area contributed by atoms with Gasteiger partial charge in [-0.05, 0) is 57.2 Å². The number of carbonyl (C=O) groups excluding carboxylic acids is 1. The van der Waals surface area contributed by atoms with Gasteiger partial charge in [-0.2, -0.15) is 9.97 Å². The number of para-hydroxylation sites is 2. The molecule has 3 fully saturated rings. The molecule has 40 heavy (non-hydrogen) atoms. The molecule has 1 aromatic carbocycles. The van der Waals surface area contributed by atoms with E-state index in [0.29, 0.717) is 54.9 Å². The van der Waals surface area contributed by atoms with E-state index >= 15 is 0 Å². The summed E-state index contributed by atoms with van der Waals surface area (Å²) in [6.07, 6.45) is 2.64. The summed E-state index contributed by atoms with van der Waals surface area (Å²) in [6, 6.07) is 9.12. The van der Waals surface area contributed by atoms with Crippen molar-refractivity contribution in [3.8, 4) is 5.82 Å². The summed E-state index contributed by atoms with van der Waals surface area (Å²) in [5, 5.41) is 10.0. The summed E-state index contributed by atoms with van der Waals surface area (Å²) in [5.74, 6) is 1.27. The molecule has 1 aliphatic carbocycles. The van der Waals surface area contributed by atoms with Crippen molar-refractivity contribution in [2.45, 2.75) is 57.0 Å². The van der Waals surface area contributed by atoms with Gasteiger partial charge in [-0.3, -0.25) is 9.36 Å². The number of benzene rings is 1. The van der Waals surface area contributed by atoms with Gasteiger partial charge in [0.2, 0.25) is 11.9 Å². The lowest BCUT2D eigenvalue weighted by molar-refractivity contribution is -0.126. The Labute approximate surface area is 231 Å². The Bertz CT molecular complexity index is 1310. The number of carbonyl (C=O) groups is 1. The molecule has 3 aliphatic rings. The van der Waals surface area contributed by atoms with Crippen LogP contribution in [0.4, 0.5) is 20.5 Å². The van der Waals surface area contributed by atoms with Gasteiger partial charge in [-0.25, -0.2) is 13.8 Å². The number of ether oxygens (including phenoxy) is 1. The maximum Gasteiger partial charge on any atom is 0.296 e. The van der Waals surface area contributed by atoms with Crippen molar-refractivity contribution in [1.82, 2.24) is 30.2 Å². The average molecular weight is 555 g/mol. The number of hydrogen-bond acceptors (Lipinski definition) is 8. The molecule has 1 atom stereocenters. The van der Waals surface area contributed by atoms with Gasteiger partial charge in [0, 0.05) is 37.8 Å². The van der Waals surface area contributed by atoms with Gasteiger partial charge in [0.25, 0.3) is 6.43 Å². The molecular formula is C28H36F2N8O2. The zero-order chi connectivity index (χ0) is 27.5. The molecule has 3 aromatic rings. The Hall–Kier alpha value is -3.38. The Morgan fingerprint density at radius 3 is 2.50 bits per heavy atom. The number of amides is 1. The first kappa shape index (κ1) is 26.8. The van der Waals surface area contributed by atoms with E-state index in [1.54, 1.807) is 30.3 Å². The van der Waals surface area contributed by atoms with Gasteiger partial charge in [-0.15, -0.1) is 0 Å². The largest absolute Gasteiger partial charge is 0.378 e. The maximum atomic E-state index is 14.1. The zero-order valence-corrected chi connectivity index (χ0v) is 22.5. The predicted molar refractivity (Wildman–Crippen MR) is 148 cm³/mol. The smallest absolute Gasteiger partial charge is 0.296 e. The minimum absolute atomic E-state index is 0.0525. The Morgan fingerprint density at radius 1 is 1.00 bits per heavy atom. The van der Waals surface area contributed by atoms with Crippen LogP contribution in [0, 0.1) is 5.92 Å². The fourth-order valence-corrected chi connectivity index (χ4v) is 5.95. The molecule has 214 valence electrons. The molecule has 0 unspecified atom stereocenters. The predicted octanol–water partition coefficient (Wildman–Crippen LogP) is 3.43. The molecule has 0 radical (unpaired) electrons. The average Bonchev–Trinajstić information content (AvgIpc) is 3.39. The summed E-state index contributed by atoms with van der Waals surface area (Å²) >= 11 is 0. The summed E-state index contributed by atoms with van der Waals surface area (Å²) < 4.78 is 35.2. The van der Waals surface area contributed by atoms with Crippen LogP contribution in [0.1, 0.15) is 50.8 Å².